The maximum absolute atomic E-state index is 12.8. The van der Waals surface area contributed by atoms with Crippen molar-refractivity contribution in [2.24, 2.45) is 5.92 Å². The van der Waals surface area contributed by atoms with E-state index in [9.17, 15) is 4.79 Å². The van der Waals surface area contributed by atoms with E-state index in [4.69, 9.17) is 16.3 Å². The number of hydrogen-bond donors (Lipinski definition) is 1. The molecule has 1 aromatic carbocycles. The molecule has 0 unspecified atom stereocenters. The average molecular weight is 401 g/mol. The summed E-state index contributed by atoms with van der Waals surface area (Å²) >= 11 is 5.82. The van der Waals surface area contributed by atoms with E-state index in [1.165, 1.54) is 12.8 Å². The van der Waals surface area contributed by atoms with Gasteiger partial charge < -0.3 is 15.0 Å². The van der Waals surface area contributed by atoms with Crippen molar-refractivity contribution in [3.05, 3.63) is 41.6 Å². The van der Waals surface area contributed by atoms with Gasteiger partial charge >= 0.3 is 0 Å². The van der Waals surface area contributed by atoms with Crippen molar-refractivity contribution < 1.29 is 9.53 Å². The van der Waals surface area contributed by atoms with Crippen LogP contribution in [0.2, 0.25) is 5.15 Å². The van der Waals surface area contributed by atoms with Gasteiger partial charge in [-0.3, -0.25) is 4.79 Å². The Bertz CT molecular complexity index is 808. The van der Waals surface area contributed by atoms with Crippen molar-refractivity contribution in [3.63, 3.8) is 0 Å². The van der Waals surface area contributed by atoms with Crippen LogP contribution in [0.25, 0.3) is 0 Å². The number of anilines is 2. The number of carbonyl (C=O) groups excluding carboxylic acids is 1. The first-order chi connectivity index (χ1) is 13.7. The van der Waals surface area contributed by atoms with Crippen LogP contribution >= 0.6 is 11.6 Å². The molecule has 4 rings (SSSR count). The topological polar surface area (TPSA) is 67.3 Å². The molecule has 1 atom stereocenters. The van der Waals surface area contributed by atoms with Crippen molar-refractivity contribution in [3.8, 4) is 5.75 Å². The molecule has 1 amide bonds. The number of ether oxygens (including phenoxy) is 1. The Morgan fingerprint density at radius 1 is 1.11 bits per heavy atom. The van der Waals surface area contributed by atoms with E-state index >= 15 is 0 Å². The third-order valence-electron chi connectivity index (χ3n) is 5.44. The summed E-state index contributed by atoms with van der Waals surface area (Å²) in [6, 6.07) is 11.3. The predicted octanol–water partition coefficient (Wildman–Crippen LogP) is 4.31. The van der Waals surface area contributed by atoms with Gasteiger partial charge in [0.2, 0.25) is 5.91 Å². The van der Waals surface area contributed by atoms with Crippen LogP contribution in [0.15, 0.2) is 36.4 Å². The molecule has 2 aromatic rings. The Morgan fingerprint density at radius 3 is 2.75 bits per heavy atom. The highest BCUT2D eigenvalue weighted by Crippen LogP contribution is 2.27. The van der Waals surface area contributed by atoms with Gasteiger partial charge in [-0.15, -0.1) is 10.2 Å². The van der Waals surface area contributed by atoms with E-state index in [1.54, 1.807) is 6.07 Å². The molecule has 28 heavy (non-hydrogen) atoms. The van der Waals surface area contributed by atoms with Gasteiger partial charge in [0, 0.05) is 24.8 Å². The molecular weight excluding hydrogens is 376 g/mol. The summed E-state index contributed by atoms with van der Waals surface area (Å²) in [4.78, 5) is 14.9. The van der Waals surface area contributed by atoms with Crippen molar-refractivity contribution >= 4 is 29.0 Å². The van der Waals surface area contributed by atoms with Crippen molar-refractivity contribution in [2.45, 2.75) is 44.6 Å². The quantitative estimate of drug-likeness (QED) is 0.810. The second kappa shape index (κ2) is 8.78. The molecular formula is C21H25ClN4O2. The van der Waals surface area contributed by atoms with Crippen LogP contribution in [0.4, 0.5) is 11.5 Å². The molecule has 1 aliphatic carbocycles. The minimum Gasteiger partial charge on any atom is -0.490 e. The fourth-order valence-electron chi connectivity index (χ4n) is 3.97. The lowest BCUT2D eigenvalue weighted by atomic mass is 9.97. The Kier molecular flexibility index (Phi) is 5.95. The van der Waals surface area contributed by atoms with Gasteiger partial charge in [0.05, 0.1) is 12.0 Å². The first-order valence-corrected chi connectivity index (χ1v) is 10.4. The number of nitrogens with zero attached hydrogens (tertiary/aromatic N) is 3. The fourth-order valence-corrected chi connectivity index (χ4v) is 4.07. The maximum Gasteiger partial charge on any atom is 0.229 e. The number of piperidine rings is 1. The third-order valence-corrected chi connectivity index (χ3v) is 5.64. The first-order valence-electron chi connectivity index (χ1n) is 9.99. The van der Waals surface area contributed by atoms with E-state index in [0.29, 0.717) is 17.8 Å². The molecule has 2 aliphatic rings. The van der Waals surface area contributed by atoms with E-state index in [-0.39, 0.29) is 11.8 Å². The third kappa shape index (κ3) is 4.73. The molecule has 7 heteroatoms. The Labute approximate surface area is 170 Å². The molecule has 148 valence electrons. The molecule has 2 fully saturated rings. The molecule has 1 N–H and O–H groups in total. The molecule has 1 aromatic heterocycles. The van der Waals surface area contributed by atoms with Crippen LogP contribution in [-0.2, 0) is 4.79 Å². The summed E-state index contributed by atoms with van der Waals surface area (Å²) in [6.07, 6.45) is 6.80. The summed E-state index contributed by atoms with van der Waals surface area (Å²) in [5.74, 6) is 1.52. The summed E-state index contributed by atoms with van der Waals surface area (Å²) < 4.78 is 6.04. The Hall–Kier alpha value is -2.34. The zero-order valence-corrected chi connectivity index (χ0v) is 16.6. The number of carbonyl (C=O) groups is 1. The standard InChI is InChI=1S/C21H25ClN4O2/c22-19-10-11-20(25-24-19)26-12-4-5-15(14-26)21(27)23-16-6-3-9-18(13-16)28-17-7-1-2-8-17/h3,6,9-11,13,15,17H,1-2,4-5,7-8,12,14H2,(H,23,27)/t15-/m0/s1. The first kappa shape index (κ1) is 19.0. The molecule has 1 aliphatic heterocycles. The largest absolute Gasteiger partial charge is 0.490 e. The van der Waals surface area contributed by atoms with Gasteiger partial charge in [0.25, 0.3) is 0 Å². The number of nitrogens with one attached hydrogen (secondary N) is 1. The highest BCUT2D eigenvalue weighted by Gasteiger charge is 2.27. The van der Waals surface area contributed by atoms with E-state index in [0.717, 1.165) is 49.5 Å². The minimum absolute atomic E-state index is 0.0321. The lowest BCUT2D eigenvalue weighted by Crippen LogP contribution is -2.41. The van der Waals surface area contributed by atoms with Crippen LogP contribution in [0, 0.1) is 5.92 Å². The van der Waals surface area contributed by atoms with Crippen molar-refractivity contribution in [1.29, 1.82) is 0 Å². The number of halogens is 1. The second-order valence-corrected chi connectivity index (χ2v) is 7.93. The zero-order chi connectivity index (χ0) is 19.3. The normalized spacial score (nSPS) is 20.2. The van der Waals surface area contributed by atoms with E-state index < -0.39 is 0 Å². The number of aromatic nitrogens is 2. The number of hydrogen-bond acceptors (Lipinski definition) is 5. The van der Waals surface area contributed by atoms with Gasteiger partial charge in [-0.05, 0) is 62.8 Å². The molecule has 0 radical (unpaired) electrons. The van der Waals surface area contributed by atoms with Crippen LogP contribution in [-0.4, -0.2) is 35.3 Å². The Morgan fingerprint density at radius 2 is 1.96 bits per heavy atom. The SMILES string of the molecule is O=C(Nc1cccc(OC2CCCC2)c1)[C@H]1CCCN(c2ccc(Cl)nn2)C1. The van der Waals surface area contributed by atoms with Gasteiger partial charge in [0.1, 0.15) is 5.75 Å². The molecule has 1 saturated carbocycles. The second-order valence-electron chi connectivity index (χ2n) is 7.54. The van der Waals surface area contributed by atoms with Crippen molar-refractivity contribution in [1.82, 2.24) is 10.2 Å². The maximum atomic E-state index is 12.8. The number of amides is 1. The molecule has 1 saturated heterocycles. The van der Waals surface area contributed by atoms with Crippen molar-refractivity contribution in [2.75, 3.05) is 23.3 Å². The minimum atomic E-state index is -0.0920. The zero-order valence-electron chi connectivity index (χ0n) is 15.8. The van der Waals surface area contributed by atoms with Gasteiger partial charge in [-0.1, -0.05) is 17.7 Å². The summed E-state index contributed by atoms with van der Waals surface area (Å²) in [6.45, 7) is 1.49. The van der Waals surface area contributed by atoms with Crippen LogP contribution in [0.3, 0.4) is 0 Å². The average Bonchev–Trinajstić information content (AvgIpc) is 3.22. The molecule has 0 spiro atoms. The van der Waals surface area contributed by atoms with Gasteiger partial charge in [-0.2, -0.15) is 0 Å². The highest BCUT2D eigenvalue weighted by molar-refractivity contribution is 6.29. The summed E-state index contributed by atoms with van der Waals surface area (Å²) in [5, 5.41) is 11.5. The number of benzene rings is 1. The molecule has 2 heterocycles. The summed E-state index contributed by atoms with van der Waals surface area (Å²) in [5.41, 5.74) is 0.781. The Balaban J connectivity index is 1.37. The van der Waals surface area contributed by atoms with E-state index in [2.05, 4.69) is 20.4 Å². The van der Waals surface area contributed by atoms with Crippen LogP contribution < -0.4 is 15.0 Å². The number of rotatable bonds is 5. The van der Waals surface area contributed by atoms with Gasteiger partial charge in [0.15, 0.2) is 11.0 Å². The predicted molar refractivity (Wildman–Crippen MR) is 110 cm³/mol. The highest BCUT2D eigenvalue weighted by atomic mass is 35.5. The van der Waals surface area contributed by atoms with Gasteiger partial charge in [-0.25, -0.2) is 0 Å². The monoisotopic (exact) mass is 400 g/mol. The van der Waals surface area contributed by atoms with Crippen LogP contribution in [0.5, 0.6) is 5.75 Å². The smallest absolute Gasteiger partial charge is 0.229 e. The molecule has 6 nitrogen and oxygen atoms in total. The van der Waals surface area contributed by atoms with Crippen LogP contribution in [0.1, 0.15) is 38.5 Å². The lowest BCUT2D eigenvalue weighted by molar-refractivity contribution is -0.120. The summed E-state index contributed by atoms with van der Waals surface area (Å²) in [7, 11) is 0. The molecule has 0 bridgehead atoms. The fraction of sp³-hybridized carbons (Fsp3) is 0.476. The van der Waals surface area contributed by atoms with E-state index in [1.807, 2.05) is 30.3 Å². The lowest BCUT2D eigenvalue weighted by Gasteiger charge is -2.32.